The summed E-state index contributed by atoms with van der Waals surface area (Å²) in [7, 11) is 1.76. The number of amides is 2. The molecule has 0 bridgehead atoms. The van der Waals surface area contributed by atoms with E-state index in [1.54, 1.807) is 25.2 Å². The maximum absolute atomic E-state index is 12.5. The van der Waals surface area contributed by atoms with E-state index in [9.17, 15) is 9.59 Å². The number of carbonyl (C=O) groups is 2. The molecule has 148 valence electrons. The number of rotatable bonds is 6. The first kappa shape index (κ1) is 19.6. The van der Waals surface area contributed by atoms with Crippen molar-refractivity contribution < 1.29 is 9.59 Å². The molecule has 9 heteroatoms. The van der Waals surface area contributed by atoms with Crippen LogP contribution in [0.25, 0.3) is 11.3 Å². The number of nitrogens with two attached hydrogens (primary N) is 2. The van der Waals surface area contributed by atoms with E-state index >= 15 is 0 Å². The fraction of sp³-hybridized carbons (Fsp3) is 0.368. The van der Waals surface area contributed by atoms with Crippen LogP contribution in [-0.4, -0.2) is 59.4 Å². The van der Waals surface area contributed by atoms with Crippen LogP contribution in [-0.2, 0) is 4.79 Å². The first-order valence-corrected chi connectivity index (χ1v) is 9.19. The van der Waals surface area contributed by atoms with E-state index in [-0.39, 0.29) is 30.3 Å². The van der Waals surface area contributed by atoms with E-state index in [0.717, 1.165) is 31.5 Å². The quantitative estimate of drug-likeness (QED) is 0.568. The molecule has 0 saturated carbocycles. The summed E-state index contributed by atoms with van der Waals surface area (Å²) < 4.78 is 0. The molecule has 6 N–H and O–H groups in total. The lowest BCUT2D eigenvalue weighted by molar-refractivity contribution is -0.119. The van der Waals surface area contributed by atoms with Crippen LogP contribution >= 0.6 is 0 Å². The van der Waals surface area contributed by atoms with Crippen molar-refractivity contribution in [2.75, 3.05) is 37.7 Å². The molecule has 0 spiro atoms. The van der Waals surface area contributed by atoms with E-state index in [4.69, 9.17) is 11.5 Å². The Kier molecular flexibility index (Phi) is 6.05. The summed E-state index contributed by atoms with van der Waals surface area (Å²) >= 11 is 0. The van der Waals surface area contributed by atoms with Gasteiger partial charge in [0.25, 0.3) is 5.91 Å². The minimum Gasteiger partial charge on any atom is -0.373 e. The van der Waals surface area contributed by atoms with Crippen LogP contribution < -0.4 is 22.1 Å². The predicted octanol–water partition coefficient (Wildman–Crippen LogP) is 0.447. The Balaban J connectivity index is 1.60. The van der Waals surface area contributed by atoms with E-state index < -0.39 is 0 Å². The zero-order valence-corrected chi connectivity index (χ0v) is 15.8. The maximum Gasteiger partial charge on any atom is 0.251 e. The number of likely N-dealkylation sites (tertiary alicyclic amines) is 1. The van der Waals surface area contributed by atoms with Crippen LogP contribution in [0.1, 0.15) is 23.2 Å². The third-order valence-electron chi connectivity index (χ3n) is 4.74. The molecule has 2 amide bonds. The molecule has 1 aromatic carbocycles. The number of nitrogens with zero attached hydrogens (tertiary/aromatic N) is 3. The van der Waals surface area contributed by atoms with Gasteiger partial charge in [-0.2, -0.15) is 4.98 Å². The zero-order chi connectivity index (χ0) is 20.1. The van der Waals surface area contributed by atoms with Gasteiger partial charge in [-0.25, -0.2) is 4.98 Å². The average molecular weight is 383 g/mol. The van der Waals surface area contributed by atoms with Crippen molar-refractivity contribution in [2.45, 2.75) is 18.9 Å². The summed E-state index contributed by atoms with van der Waals surface area (Å²) in [6.45, 7) is 1.76. The average Bonchev–Trinajstić information content (AvgIpc) is 2.68. The molecule has 0 atom stereocenters. The van der Waals surface area contributed by atoms with E-state index in [1.807, 2.05) is 17.0 Å². The summed E-state index contributed by atoms with van der Waals surface area (Å²) in [4.78, 5) is 33.8. The van der Waals surface area contributed by atoms with Gasteiger partial charge in [0.05, 0.1) is 12.2 Å². The minimum atomic E-state index is -0.324. The summed E-state index contributed by atoms with van der Waals surface area (Å²) in [5.41, 5.74) is 13.1. The van der Waals surface area contributed by atoms with Crippen LogP contribution in [0.4, 0.5) is 11.8 Å². The lowest BCUT2D eigenvalue weighted by atomic mass is 10.0. The Hall–Kier alpha value is -3.20. The largest absolute Gasteiger partial charge is 0.373 e. The number of nitrogens with one attached hydrogen (secondary N) is 2. The fourth-order valence-corrected chi connectivity index (χ4v) is 3.26. The number of primary amides is 1. The van der Waals surface area contributed by atoms with Crippen LogP contribution in [0.3, 0.4) is 0 Å². The van der Waals surface area contributed by atoms with Crippen LogP contribution in [0, 0.1) is 0 Å². The molecule has 0 aliphatic carbocycles. The maximum atomic E-state index is 12.5. The monoisotopic (exact) mass is 383 g/mol. The summed E-state index contributed by atoms with van der Waals surface area (Å²) in [6.07, 6.45) is 1.59. The standard InChI is InChI=1S/C19H25N7O2/c1-22-17-10-15(24-19(21)25-17)12-2-4-13(5-3-12)18(28)23-14-6-8-26(9-7-14)11-16(20)27/h2-5,10,14H,6-9,11H2,1H3,(H2,20,27)(H,23,28)(H3,21,22,24,25). The van der Waals surface area contributed by atoms with Crippen molar-refractivity contribution in [3.8, 4) is 11.3 Å². The minimum absolute atomic E-state index is 0.0937. The second-order valence-electron chi connectivity index (χ2n) is 6.81. The Labute approximate surface area is 163 Å². The molecule has 28 heavy (non-hydrogen) atoms. The van der Waals surface area contributed by atoms with Crippen LogP contribution in [0.5, 0.6) is 0 Å². The molecular weight excluding hydrogens is 358 g/mol. The summed E-state index contributed by atoms with van der Waals surface area (Å²) in [6, 6.07) is 9.10. The first-order valence-electron chi connectivity index (χ1n) is 9.19. The van der Waals surface area contributed by atoms with E-state index in [0.29, 0.717) is 17.1 Å². The van der Waals surface area contributed by atoms with Crippen LogP contribution in [0.2, 0.25) is 0 Å². The van der Waals surface area contributed by atoms with Crippen molar-refractivity contribution in [2.24, 2.45) is 5.73 Å². The molecule has 2 heterocycles. The lowest BCUT2D eigenvalue weighted by Crippen LogP contribution is -2.46. The predicted molar refractivity (Wildman–Crippen MR) is 108 cm³/mol. The van der Waals surface area contributed by atoms with Crippen LogP contribution in [0.15, 0.2) is 30.3 Å². The van der Waals surface area contributed by atoms with Gasteiger partial charge in [0, 0.05) is 43.4 Å². The third-order valence-corrected chi connectivity index (χ3v) is 4.74. The van der Waals surface area contributed by atoms with Crippen molar-refractivity contribution in [1.82, 2.24) is 20.2 Å². The molecule has 2 aromatic rings. The number of nitrogen functional groups attached to an aromatic ring is 1. The van der Waals surface area contributed by atoms with Gasteiger partial charge >= 0.3 is 0 Å². The highest BCUT2D eigenvalue weighted by Crippen LogP contribution is 2.21. The zero-order valence-electron chi connectivity index (χ0n) is 15.8. The highest BCUT2D eigenvalue weighted by molar-refractivity contribution is 5.94. The lowest BCUT2D eigenvalue weighted by Gasteiger charge is -2.31. The molecule has 0 unspecified atom stereocenters. The number of benzene rings is 1. The number of piperidine rings is 1. The van der Waals surface area contributed by atoms with Gasteiger partial charge in [0.2, 0.25) is 11.9 Å². The van der Waals surface area contributed by atoms with Gasteiger partial charge in [0.15, 0.2) is 0 Å². The third kappa shape index (κ3) is 4.95. The number of hydrogen-bond acceptors (Lipinski definition) is 7. The normalized spacial score (nSPS) is 15.2. The van der Waals surface area contributed by atoms with Gasteiger partial charge in [-0.3, -0.25) is 14.5 Å². The van der Waals surface area contributed by atoms with Crippen molar-refractivity contribution in [3.63, 3.8) is 0 Å². The highest BCUT2D eigenvalue weighted by Gasteiger charge is 2.22. The summed E-state index contributed by atoms with van der Waals surface area (Å²) in [5, 5.41) is 6.00. The van der Waals surface area contributed by atoms with Gasteiger partial charge in [-0.1, -0.05) is 12.1 Å². The Morgan fingerprint density at radius 2 is 1.86 bits per heavy atom. The Bertz CT molecular complexity index is 846. The molecule has 9 nitrogen and oxygen atoms in total. The fourth-order valence-electron chi connectivity index (χ4n) is 3.26. The SMILES string of the molecule is CNc1cc(-c2ccc(C(=O)NC3CCN(CC(N)=O)CC3)cc2)nc(N)n1. The molecule has 1 aromatic heterocycles. The Morgan fingerprint density at radius 1 is 1.18 bits per heavy atom. The van der Waals surface area contributed by atoms with E-state index in [2.05, 4.69) is 20.6 Å². The van der Waals surface area contributed by atoms with Crippen molar-refractivity contribution in [1.29, 1.82) is 0 Å². The molecule has 1 saturated heterocycles. The van der Waals surface area contributed by atoms with Crippen molar-refractivity contribution in [3.05, 3.63) is 35.9 Å². The number of hydrogen-bond donors (Lipinski definition) is 4. The second-order valence-corrected chi connectivity index (χ2v) is 6.81. The molecule has 1 aliphatic rings. The van der Waals surface area contributed by atoms with Gasteiger partial charge < -0.3 is 22.1 Å². The molecular formula is C19H25N7O2. The van der Waals surface area contributed by atoms with Gasteiger partial charge in [-0.05, 0) is 25.0 Å². The number of carbonyl (C=O) groups excluding carboxylic acids is 2. The molecule has 0 radical (unpaired) electrons. The Morgan fingerprint density at radius 3 is 2.46 bits per heavy atom. The molecule has 3 rings (SSSR count). The second kappa shape index (κ2) is 8.66. The number of aromatic nitrogens is 2. The first-order chi connectivity index (χ1) is 13.4. The highest BCUT2D eigenvalue weighted by atomic mass is 16.2. The smallest absolute Gasteiger partial charge is 0.251 e. The molecule has 1 aliphatic heterocycles. The van der Waals surface area contributed by atoms with E-state index in [1.165, 1.54) is 0 Å². The molecule has 1 fully saturated rings. The topological polar surface area (TPSA) is 139 Å². The van der Waals surface area contributed by atoms with Gasteiger partial charge in [0.1, 0.15) is 5.82 Å². The number of anilines is 2. The van der Waals surface area contributed by atoms with Crippen molar-refractivity contribution >= 4 is 23.6 Å². The summed E-state index contributed by atoms with van der Waals surface area (Å²) in [5.74, 6) is 0.381. The van der Waals surface area contributed by atoms with Gasteiger partial charge in [-0.15, -0.1) is 0 Å².